The SMILES string of the molecule is C=NNC(=N)NC(C)(C)C. The van der Waals surface area contributed by atoms with Gasteiger partial charge in [0.15, 0.2) is 0 Å². The number of rotatable bonds is 1. The summed E-state index contributed by atoms with van der Waals surface area (Å²) in [6.45, 7) is 9.08. The summed E-state index contributed by atoms with van der Waals surface area (Å²) in [6.07, 6.45) is 0. The third kappa shape index (κ3) is 5.08. The Labute approximate surface area is 61.2 Å². The maximum absolute atomic E-state index is 7.19. The van der Waals surface area contributed by atoms with E-state index >= 15 is 0 Å². The molecule has 0 heterocycles. The summed E-state index contributed by atoms with van der Waals surface area (Å²) in [5.74, 6) is 0.169. The van der Waals surface area contributed by atoms with E-state index in [2.05, 4.69) is 22.6 Å². The molecule has 0 saturated carbocycles. The Hall–Kier alpha value is -1.06. The number of hydrazone groups is 1. The zero-order chi connectivity index (χ0) is 8.20. The minimum Gasteiger partial charge on any atom is -0.351 e. The van der Waals surface area contributed by atoms with Gasteiger partial charge >= 0.3 is 0 Å². The van der Waals surface area contributed by atoms with E-state index in [1.165, 1.54) is 0 Å². The molecular formula is C6H14N4. The average molecular weight is 142 g/mol. The first kappa shape index (κ1) is 8.94. The maximum atomic E-state index is 7.19. The Morgan fingerprint density at radius 1 is 1.50 bits per heavy atom. The van der Waals surface area contributed by atoms with Crippen molar-refractivity contribution < 1.29 is 0 Å². The molecule has 3 N–H and O–H groups in total. The highest BCUT2D eigenvalue weighted by Crippen LogP contribution is 1.96. The van der Waals surface area contributed by atoms with Crippen molar-refractivity contribution in [1.82, 2.24) is 10.7 Å². The molecule has 0 aliphatic rings. The Balaban J connectivity index is 3.68. The lowest BCUT2D eigenvalue weighted by molar-refractivity contribution is 0.501. The summed E-state index contributed by atoms with van der Waals surface area (Å²) in [5, 5.41) is 13.4. The van der Waals surface area contributed by atoms with Gasteiger partial charge < -0.3 is 5.32 Å². The molecule has 0 unspecified atom stereocenters. The van der Waals surface area contributed by atoms with Gasteiger partial charge in [-0.3, -0.25) is 5.41 Å². The first-order valence-corrected chi connectivity index (χ1v) is 3.04. The second kappa shape index (κ2) is 3.20. The van der Waals surface area contributed by atoms with Gasteiger partial charge in [0.05, 0.1) is 0 Å². The summed E-state index contributed by atoms with van der Waals surface area (Å²) in [4.78, 5) is 0. The van der Waals surface area contributed by atoms with Crippen molar-refractivity contribution in [3.05, 3.63) is 0 Å². The van der Waals surface area contributed by atoms with Crippen LogP contribution in [0.5, 0.6) is 0 Å². The van der Waals surface area contributed by atoms with Crippen molar-refractivity contribution in [1.29, 1.82) is 5.41 Å². The van der Waals surface area contributed by atoms with Gasteiger partial charge in [0, 0.05) is 12.3 Å². The lowest BCUT2D eigenvalue weighted by atomic mass is 10.1. The van der Waals surface area contributed by atoms with E-state index in [-0.39, 0.29) is 11.5 Å². The normalized spacial score (nSPS) is 10.3. The van der Waals surface area contributed by atoms with Crippen molar-refractivity contribution >= 4 is 12.7 Å². The lowest BCUT2D eigenvalue weighted by Gasteiger charge is -2.21. The molecule has 0 bridgehead atoms. The minimum atomic E-state index is -0.102. The molecule has 0 aromatic carbocycles. The number of nitrogens with one attached hydrogen (secondary N) is 3. The highest BCUT2D eigenvalue weighted by Gasteiger charge is 2.09. The second-order valence-corrected chi connectivity index (χ2v) is 3.02. The molecule has 4 nitrogen and oxygen atoms in total. The molecule has 4 heteroatoms. The molecule has 0 radical (unpaired) electrons. The third-order valence-electron chi connectivity index (χ3n) is 0.691. The van der Waals surface area contributed by atoms with Gasteiger partial charge in [-0.2, -0.15) is 5.10 Å². The summed E-state index contributed by atoms with van der Waals surface area (Å²) in [5.41, 5.74) is 2.29. The molecule has 0 aromatic heterocycles. The van der Waals surface area contributed by atoms with Gasteiger partial charge in [-0.05, 0) is 20.8 Å². The predicted molar refractivity (Wildman–Crippen MR) is 43.3 cm³/mol. The van der Waals surface area contributed by atoms with Crippen LogP contribution in [0.25, 0.3) is 0 Å². The van der Waals surface area contributed by atoms with Crippen LogP contribution in [0.1, 0.15) is 20.8 Å². The molecule has 0 saturated heterocycles. The lowest BCUT2D eigenvalue weighted by Crippen LogP contribution is -2.45. The molecule has 0 spiro atoms. The average Bonchev–Trinajstić information content (AvgIpc) is 1.59. The van der Waals surface area contributed by atoms with E-state index in [9.17, 15) is 0 Å². The largest absolute Gasteiger partial charge is 0.351 e. The van der Waals surface area contributed by atoms with Crippen LogP contribution in [0.3, 0.4) is 0 Å². The highest BCUT2D eigenvalue weighted by molar-refractivity contribution is 5.77. The van der Waals surface area contributed by atoms with Crippen molar-refractivity contribution in [2.45, 2.75) is 26.3 Å². The summed E-state index contributed by atoms with van der Waals surface area (Å²) < 4.78 is 0. The Kier molecular flexibility index (Phi) is 2.86. The topological polar surface area (TPSA) is 60.3 Å². The molecule has 10 heavy (non-hydrogen) atoms. The molecule has 0 aliphatic carbocycles. The van der Waals surface area contributed by atoms with Crippen LogP contribution in [0, 0.1) is 5.41 Å². The smallest absolute Gasteiger partial charge is 0.209 e. The van der Waals surface area contributed by atoms with Crippen LogP contribution >= 0.6 is 0 Å². The Morgan fingerprint density at radius 2 is 2.00 bits per heavy atom. The van der Waals surface area contributed by atoms with Crippen LogP contribution in [-0.4, -0.2) is 18.2 Å². The molecule has 0 amide bonds. The number of hydrogen-bond donors (Lipinski definition) is 3. The molecule has 0 rings (SSSR count). The van der Waals surface area contributed by atoms with Gasteiger partial charge in [-0.15, -0.1) is 0 Å². The summed E-state index contributed by atoms with van der Waals surface area (Å²) in [7, 11) is 0. The van der Waals surface area contributed by atoms with E-state index in [1.54, 1.807) is 0 Å². The Bertz CT molecular complexity index is 133. The monoisotopic (exact) mass is 142 g/mol. The molecule has 0 aromatic rings. The van der Waals surface area contributed by atoms with Gasteiger partial charge in [-0.25, -0.2) is 5.43 Å². The van der Waals surface area contributed by atoms with Crippen molar-refractivity contribution in [2.75, 3.05) is 0 Å². The van der Waals surface area contributed by atoms with Crippen LogP contribution < -0.4 is 10.7 Å². The van der Waals surface area contributed by atoms with Gasteiger partial charge in [0.2, 0.25) is 5.96 Å². The first-order chi connectivity index (χ1) is 4.45. The molecule has 0 aliphatic heterocycles. The molecule has 0 fully saturated rings. The number of guanidine groups is 1. The molecule has 58 valence electrons. The first-order valence-electron chi connectivity index (χ1n) is 3.04. The number of hydrogen-bond acceptors (Lipinski definition) is 2. The zero-order valence-electron chi connectivity index (χ0n) is 6.65. The van der Waals surface area contributed by atoms with Gasteiger partial charge in [-0.1, -0.05) is 0 Å². The maximum Gasteiger partial charge on any atom is 0.209 e. The zero-order valence-corrected chi connectivity index (χ0v) is 6.65. The molecular weight excluding hydrogens is 128 g/mol. The van der Waals surface area contributed by atoms with Crippen LogP contribution in [0.4, 0.5) is 0 Å². The highest BCUT2D eigenvalue weighted by atomic mass is 15.4. The fourth-order valence-corrected chi connectivity index (χ4v) is 0.482. The second-order valence-electron chi connectivity index (χ2n) is 3.02. The van der Waals surface area contributed by atoms with Crippen molar-refractivity contribution in [3.8, 4) is 0 Å². The summed E-state index contributed by atoms with van der Waals surface area (Å²) in [6, 6.07) is 0. The van der Waals surface area contributed by atoms with Crippen molar-refractivity contribution in [3.63, 3.8) is 0 Å². The standard InChI is InChI=1S/C6H14N4/c1-6(2,3)9-5(7)10-8-4/h4H2,1-3H3,(H3,7,9,10). The quantitative estimate of drug-likeness (QED) is 0.284. The van der Waals surface area contributed by atoms with Crippen LogP contribution in [0.2, 0.25) is 0 Å². The molecule has 0 atom stereocenters. The van der Waals surface area contributed by atoms with E-state index in [1.807, 2.05) is 20.8 Å². The summed E-state index contributed by atoms with van der Waals surface area (Å²) >= 11 is 0. The number of nitrogens with zero attached hydrogens (tertiary/aromatic N) is 1. The van der Waals surface area contributed by atoms with E-state index < -0.39 is 0 Å². The Morgan fingerprint density at radius 3 is 2.30 bits per heavy atom. The van der Waals surface area contributed by atoms with Crippen molar-refractivity contribution in [2.24, 2.45) is 5.10 Å². The van der Waals surface area contributed by atoms with Crippen LogP contribution in [-0.2, 0) is 0 Å². The van der Waals surface area contributed by atoms with E-state index in [4.69, 9.17) is 5.41 Å². The van der Waals surface area contributed by atoms with Crippen LogP contribution in [0.15, 0.2) is 5.10 Å². The van der Waals surface area contributed by atoms with Gasteiger partial charge in [0.25, 0.3) is 0 Å². The third-order valence-corrected chi connectivity index (χ3v) is 0.691. The van der Waals surface area contributed by atoms with E-state index in [0.717, 1.165) is 0 Å². The predicted octanol–water partition coefficient (Wildman–Crippen LogP) is 0.514. The fourth-order valence-electron chi connectivity index (χ4n) is 0.482. The van der Waals surface area contributed by atoms with E-state index in [0.29, 0.717) is 0 Å². The fraction of sp³-hybridized carbons (Fsp3) is 0.667. The minimum absolute atomic E-state index is 0.102. The van der Waals surface area contributed by atoms with Gasteiger partial charge in [0.1, 0.15) is 0 Å².